The molecular weight excluding hydrogens is 531 g/mol. The summed E-state index contributed by atoms with van der Waals surface area (Å²) in [6.45, 7) is 0. The quantitative estimate of drug-likeness (QED) is 0.210. The highest BCUT2D eigenvalue weighted by Crippen LogP contribution is 2.41. The van der Waals surface area contributed by atoms with Gasteiger partial charge in [0.25, 0.3) is 0 Å². The van der Waals surface area contributed by atoms with Gasteiger partial charge in [-0.2, -0.15) is 10.5 Å². The van der Waals surface area contributed by atoms with Gasteiger partial charge in [-0.1, -0.05) is 72.8 Å². The Morgan fingerprint density at radius 3 is 2.14 bits per heavy atom. The van der Waals surface area contributed by atoms with Gasteiger partial charge >= 0.3 is 0 Å². The van der Waals surface area contributed by atoms with Crippen LogP contribution in [0.25, 0.3) is 69.9 Å². The predicted molar refractivity (Wildman–Crippen MR) is 199 cm³/mol. The van der Waals surface area contributed by atoms with E-state index in [9.17, 15) is 10.5 Å². The second-order valence-corrected chi connectivity index (χ2v) is 11.5. The van der Waals surface area contributed by atoms with Crippen LogP contribution in [0.3, 0.4) is 0 Å². The van der Waals surface area contributed by atoms with Gasteiger partial charge in [-0.25, -0.2) is 0 Å². The molecule has 2 aromatic heterocycles. The van der Waals surface area contributed by atoms with Gasteiger partial charge in [0.2, 0.25) is 0 Å². The number of hydrogen-bond donors (Lipinski definition) is 0. The van der Waals surface area contributed by atoms with Gasteiger partial charge in [0.05, 0.1) is 34.3 Å². The third-order valence-electron chi connectivity index (χ3n) is 8.02. The first-order valence-electron chi connectivity index (χ1n) is 13.7. The third-order valence-corrected chi connectivity index (χ3v) is 9.24. The summed E-state index contributed by atoms with van der Waals surface area (Å²) in [5.41, 5.74) is 8.57. The van der Waals surface area contributed by atoms with E-state index in [0.717, 1.165) is 44.2 Å². The number of thiophene rings is 1. The van der Waals surface area contributed by atoms with Crippen LogP contribution in [0, 0.1) is 22.7 Å². The number of rotatable bonds is 3. The topological polar surface area (TPSA) is 52.5 Å². The minimum absolute atomic E-state index is 0. The van der Waals surface area contributed by atoms with Crippen LogP contribution < -0.4 is 0 Å². The van der Waals surface area contributed by atoms with E-state index in [4.69, 9.17) is 0 Å². The van der Waals surface area contributed by atoms with E-state index in [-0.39, 0.29) is 17.1 Å². The summed E-state index contributed by atoms with van der Waals surface area (Å²) < 4.78 is 4.76. The van der Waals surface area contributed by atoms with Crippen LogP contribution in [0.4, 0.5) is 0 Å². The second-order valence-electron chi connectivity index (χ2n) is 10.4. The fourth-order valence-corrected chi connectivity index (χ4v) is 7.37. The zero-order valence-electron chi connectivity index (χ0n) is 22.4. The maximum absolute atomic E-state index is 10.1. The molecule has 4 heteroatoms. The van der Waals surface area contributed by atoms with Crippen LogP contribution in [0.1, 0.15) is 28.2 Å². The van der Waals surface area contributed by atoms with Crippen molar-refractivity contribution in [3.05, 3.63) is 139 Å². The van der Waals surface area contributed by atoms with Crippen molar-refractivity contribution in [3.63, 3.8) is 0 Å². The van der Waals surface area contributed by atoms with Crippen molar-refractivity contribution in [1.82, 2.24) is 4.57 Å². The zero-order chi connectivity index (χ0) is 28.2. The lowest BCUT2D eigenvalue weighted by Gasteiger charge is -2.12. The smallest absolute Gasteiger partial charge is 0.0992 e. The first-order chi connectivity index (χ1) is 20.7. The van der Waals surface area contributed by atoms with Gasteiger partial charge in [-0.15, -0.1) is 11.3 Å². The van der Waals surface area contributed by atoms with Crippen molar-refractivity contribution in [2.45, 2.75) is 0 Å². The van der Waals surface area contributed by atoms with Gasteiger partial charge in [-0.3, -0.25) is 0 Å². The molecule has 0 spiro atoms. The summed E-state index contributed by atoms with van der Waals surface area (Å²) in [6.07, 6.45) is 0. The Kier molecular flexibility index (Phi) is 5.44. The minimum atomic E-state index is 0. The van der Waals surface area contributed by atoms with Gasteiger partial charge in [0.15, 0.2) is 0 Å². The lowest BCUT2D eigenvalue weighted by molar-refractivity contribution is 1.18. The Bertz CT molecular complexity index is 2490. The molecule has 0 radical (unpaired) electrons. The average Bonchev–Trinajstić information content (AvgIpc) is 3.60. The highest BCUT2D eigenvalue weighted by atomic mass is 32.1. The third kappa shape index (κ3) is 3.71. The van der Waals surface area contributed by atoms with Crippen molar-refractivity contribution in [3.8, 4) is 40.1 Å². The molecule has 6 aromatic carbocycles. The van der Waals surface area contributed by atoms with Crippen molar-refractivity contribution < 1.29 is 17.1 Å². The van der Waals surface area contributed by atoms with E-state index in [0.29, 0.717) is 11.1 Å². The Morgan fingerprint density at radius 2 is 1.26 bits per heavy atom. The minimum Gasteiger partial charge on any atom is -0.309 e. The van der Waals surface area contributed by atoms with Crippen LogP contribution in [-0.4, -0.2) is 4.57 Å². The van der Waals surface area contributed by atoms with Gasteiger partial charge in [0.1, 0.15) is 0 Å². The maximum Gasteiger partial charge on any atom is 0.0992 e. The Morgan fingerprint density at radius 1 is 0.524 bits per heavy atom. The van der Waals surface area contributed by atoms with Crippen LogP contribution in [0.5, 0.6) is 0 Å². The van der Waals surface area contributed by atoms with Crippen molar-refractivity contribution in [2.75, 3.05) is 0 Å². The molecule has 0 N–H and O–H groups in total. The Hall–Kier alpha value is -5.68. The number of nitrogens with zero attached hydrogens (tertiary/aromatic N) is 3. The van der Waals surface area contributed by atoms with E-state index in [1.165, 1.54) is 25.7 Å². The summed E-state index contributed by atoms with van der Waals surface area (Å²) in [6, 6.07) is 48.4. The number of hydrogen-bond acceptors (Lipinski definition) is 3. The molecule has 0 amide bonds. The van der Waals surface area contributed by atoms with Gasteiger partial charge in [-0.05, 0) is 76.9 Å². The molecule has 0 atom stereocenters. The fourth-order valence-electron chi connectivity index (χ4n) is 6.13. The molecule has 8 rings (SSSR count). The van der Waals surface area contributed by atoms with Gasteiger partial charge in [0, 0.05) is 53.8 Å². The molecule has 2 heterocycles. The van der Waals surface area contributed by atoms with Crippen LogP contribution >= 0.6 is 11.3 Å². The number of nitriles is 2. The summed E-state index contributed by atoms with van der Waals surface area (Å²) in [4.78, 5) is 0. The molecule has 0 unspecified atom stereocenters. The standard InChI is InChI=1S/C38H21N3S.12H2/c39-22-24-15-16-36-34(19-24)31-9-1-3-13-35(31)41(36)29-18-25(23-40)17-28(21-29)26-7-5-8-27(20-26)30-11-6-12-33-32-10-2-4-14-37(32)42-38(30)33;;;;;;;;;;;;/h1-21H;12*1H. The van der Waals surface area contributed by atoms with E-state index >= 15 is 0 Å². The largest absolute Gasteiger partial charge is 0.309 e. The molecule has 0 saturated carbocycles. The molecule has 3 nitrogen and oxygen atoms in total. The zero-order valence-corrected chi connectivity index (χ0v) is 23.2. The first-order valence-corrected chi connectivity index (χ1v) is 14.5. The number of para-hydroxylation sites is 1. The van der Waals surface area contributed by atoms with Crippen LogP contribution in [-0.2, 0) is 0 Å². The Labute approximate surface area is 264 Å². The normalized spacial score (nSPS) is 11.3. The molecule has 0 saturated heterocycles. The molecule has 0 bridgehead atoms. The fraction of sp³-hybridized carbons (Fsp3) is 0. The monoisotopic (exact) mass is 575 g/mol. The van der Waals surface area contributed by atoms with Crippen molar-refractivity contribution in [2.24, 2.45) is 0 Å². The van der Waals surface area contributed by atoms with E-state index in [1.54, 1.807) is 0 Å². The number of benzene rings is 6. The molecule has 42 heavy (non-hydrogen) atoms. The SMILES string of the molecule is N#Cc1cc(-c2cccc(-c3cccc4c3sc3ccccc34)c2)cc(-n2c3ccccc3c3cc(C#N)ccc32)c1.[HH].[HH].[HH].[HH].[HH].[HH].[HH].[HH].[HH].[HH].[HH].[HH]. The average molecular weight is 576 g/mol. The van der Waals surface area contributed by atoms with Crippen molar-refractivity contribution in [1.29, 1.82) is 10.5 Å². The highest BCUT2D eigenvalue weighted by Gasteiger charge is 2.15. The second kappa shape index (κ2) is 9.46. The Balaban J connectivity index is -0.000000667. The molecular formula is C38H45N3S. The molecule has 0 aliphatic rings. The van der Waals surface area contributed by atoms with E-state index < -0.39 is 0 Å². The lowest BCUT2D eigenvalue weighted by atomic mass is 9.96. The van der Waals surface area contributed by atoms with Gasteiger partial charge < -0.3 is 4.57 Å². The summed E-state index contributed by atoms with van der Waals surface area (Å²) in [5.74, 6) is 0. The molecule has 0 fully saturated rings. The molecule has 0 aliphatic carbocycles. The molecule has 8 aromatic rings. The first kappa shape index (κ1) is 24.1. The molecule has 0 aliphatic heterocycles. The summed E-state index contributed by atoms with van der Waals surface area (Å²) >= 11 is 1.83. The summed E-state index contributed by atoms with van der Waals surface area (Å²) in [7, 11) is 0. The van der Waals surface area contributed by atoms with Crippen LogP contribution in [0.15, 0.2) is 127 Å². The van der Waals surface area contributed by atoms with Crippen LogP contribution in [0.2, 0.25) is 0 Å². The molecule has 218 valence electrons. The van der Waals surface area contributed by atoms with Crippen molar-refractivity contribution >= 4 is 53.3 Å². The highest BCUT2D eigenvalue weighted by molar-refractivity contribution is 7.26. The van der Waals surface area contributed by atoms with E-state index in [2.05, 4.69) is 102 Å². The number of aromatic nitrogens is 1. The summed E-state index contributed by atoms with van der Waals surface area (Å²) in [5, 5.41) is 24.2. The maximum atomic E-state index is 10.1. The van der Waals surface area contributed by atoms with E-state index in [1.807, 2.05) is 53.8 Å². The number of fused-ring (bicyclic) bond motifs is 6. The predicted octanol–water partition coefficient (Wildman–Crippen LogP) is 13.2. The lowest BCUT2D eigenvalue weighted by Crippen LogP contribution is -1.96.